The van der Waals surface area contributed by atoms with Gasteiger partial charge in [-0.05, 0) is 44.4 Å². The van der Waals surface area contributed by atoms with Crippen LogP contribution in [-0.2, 0) is 28.2 Å². The summed E-state index contributed by atoms with van der Waals surface area (Å²) in [6.45, 7) is 5.56. The molecule has 10 nitrogen and oxygen atoms in total. The molecule has 3 atom stereocenters. The SMILES string of the molecule is CC/C=C\C[C@H](O)/C=C/C=C\C=C\[C@H](O)C/C=C\C/C=C\CCC(=O)O[C@H](COC(=O)CCCCCCCCCC(C)C)COP(=O)(O)O. The first-order valence-electron chi connectivity index (χ1n) is 17.8. The number of phosphoric acid groups is 1. The second kappa shape index (κ2) is 31.4. The third kappa shape index (κ3) is 35.1. The number of carbonyl (C=O) groups is 2. The van der Waals surface area contributed by atoms with Crippen molar-refractivity contribution in [1.29, 1.82) is 0 Å². The molecule has 0 saturated heterocycles. The Morgan fingerprint density at radius 1 is 0.694 bits per heavy atom. The Kier molecular flexibility index (Phi) is 29.7. The van der Waals surface area contributed by atoms with Gasteiger partial charge in [-0.2, -0.15) is 0 Å². The van der Waals surface area contributed by atoms with Gasteiger partial charge in [0.05, 0.1) is 18.8 Å². The van der Waals surface area contributed by atoms with Crippen molar-refractivity contribution in [2.24, 2.45) is 5.92 Å². The normalized spacial score (nSPS) is 14.8. The van der Waals surface area contributed by atoms with Gasteiger partial charge in [0.2, 0.25) is 0 Å². The van der Waals surface area contributed by atoms with Crippen molar-refractivity contribution in [3.63, 3.8) is 0 Å². The molecule has 0 bridgehead atoms. The second-order valence-corrected chi connectivity index (χ2v) is 13.6. The van der Waals surface area contributed by atoms with Crippen LogP contribution in [0.3, 0.4) is 0 Å². The minimum atomic E-state index is -4.80. The highest BCUT2D eigenvalue weighted by molar-refractivity contribution is 7.46. The molecular formula is C38H63O10P. The molecule has 0 unspecified atom stereocenters. The molecule has 0 aliphatic rings. The smallest absolute Gasteiger partial charge is 0.462 e. The van der Waals surface area contributed by atoms with Gasteiger partial charge < -0.3 is 29.5 Å². The van der Waals surface area contributed by atoms with E-state index in [0.717, 1.165) is 31.6 Å². The van der Waals surface area contributed by atoms with E-state index in [0.29, 0.717) is 32.1 Å². The zero-order chi connectivity index (χ0) is 36.6. The van der Waals surface area contributed by atoms with Crippen LogP contribution in [0.25, 0.3) is 0 Å². The first-order valence-corrected chi connectivity index (χ1v) is 19.3. The lowest BCUT2D eigenvalue weighted by atomic mass is 10.0. The van der Waals surface area contributed by atoms with Crippen LogP contribution in [0.4, 0.5) is 0 Å². The van der Waals surface area contributed by atoms with E-state index in [1.54, 1.807) is 36.5 Å². The number of rotatable bonds is 30. The molecule has 0 aliphatic heterocycles. The molecule has 0 rings (SSSR count). The van der Waals surface area contributed by atoms with Crippen LogP contribution in [0.2, 0.25) is 0 Å². The van der Waals surface area contributed by atoms with Crippen LogP contribution in [0.1, 0.15) is 117 Å². The third-order valence-electron chi connectivity index (χ3n) is 7.10. The van der Waals surface area contributed by atoms with Crippen molar-refractivity contribution in [2.75, 3.05) is 13.2 Å². The standard InChI is InChI=1S/C38H63O10P/c1-4-5-17-25-34(39)27-20-15-16-21-28-35(40)26-19-12-9-10-14-23-30-38(42)48-36(32-47-49(43,44)45)31-46-37(41)29-22-13-8-6-7-11-18-24-33(2)3/h5,10,12,14-17,19-21,27-28,33-36,39-40H,4,6-9,11,13,18,22-26,29-32H2,1-3H3,(H2,43,44,45)/b14-10-,16-15-,17-5-,19-12-,27-20+,28-21+/t34-,35+,36+/m0/s1. The molecule has 0 fully saturated rings. The van der Waals surface area contributed by atoms with Crippen LogP contribution in [0.5, 0.6) is 0 Å². The average Bonchev–Trinajstić information content (AvgIpc) is 3.03. The summed E-state index contributed by atoms with van der Waals surface area (Å²) in [6, 6.07) is 0. The number of carbonyl (C=O) groups excluding carboxylic acids is 2. The van der Waals surface area contributed by atoms with Gasteiger partial charge in [-0.3, -0.25) is 14.1 Å². The number of aliphatic hydroxyl groups is 2. The second-order valence-electron chi connectivity index (χ2n) is 12.3. The average molecular weight is 711 g/mol. The van der Waals surface area contributed by atoms with Crippen LogP contribution in [-0.4, -0.2) is 63.5 Å². The Balaban J connectivity index is 4.30. The largest absolute Gasteiger partial charge is 0.469 e. The molecule has 0 saturated carbocycles. The number of esters is 2. The van der Waals surface area contributed by atoms with E-state index >= 15 is 0 Å². The quantitative estimate of drug-likeness (QED) is 0.0188. The van der Waals surface area contributed by atoms with Crippen LogP contribution >= 0.6 is 7.82 Å². The Morgan fingerprint density at radius 2 is 1.27 bits per heavy atom. The summed E-state index contributed by atoms with van der Waals surface area (Å²) >= 11 is 0. The van der Waals surface area contributed by atoms with Crippen molar-refractivity contribution >= 4 is 19.8 Å². The first kappa shape index (κ1) is 46.4. The van der Waals surface area contributed by atoms with E-state index in [1.807, 2.05) is 43.4 Å². The van der Waals surface area contributed by atoms with Gasteiger partial charge in [0.15, 0.2) is 6.10 Å². The molecular weight excluding hydrogens is 647 g/mol. The van der Waals surface area contributed by atoms with Gasteiger partial charge >= 0.3 is 19.8 Å². The number of ether oxygens (including phenoxy) is 2. The maximum absolute atomic E-state index is 12.3. The highest BCUT2D eigenvalue weighted by Gasteiger charge is 2.22. The van der Waals surface area contributed by atoms with Crippen LogP contribution in [0, 0.1) is 5.92 Å². The van der Waals surface area contributed by atoms with Gasteiger partial charge in [-0.15, -0.1) is 0 Å². The third-order valence-corrected chi connectivity index (χ3v) is 7.58. The number of hydrogen-bond acceptors (Lipinski definition) is 8. The summed E-state index contributed by atoms with van der Waals surface area (Å²) < 4.78 is 26.1. The van der Waals surface area contributed by atoms with E-state index < -0.39 is 44.7 Å². The van der Waals surface area contributed by atoms with E-state index in [1.165, 1.54) is 25.7 Å². The van der Waals surface area contributed by atoms with Gasteiger partial charge in [-0.1, -0.05) is 139 Å². The molecule has 0 aromatic heterocycles. The number of unbranched alkanes of at least 4 members (excludes halogenated alkanes) is 6. The summed E-state index contributed by atoms with van der Waals surface area (Å²) in [5.41, 5.74) is 0. The van der Waals surface area contributed by atoms with Crippen molar-refractivity contribution in [1.82, 2.24) is 0 Å². The zero-order valence-electron chi connectivity index (χ0n) is 29.9. The van der Waals surface area contributed by atoms with Crippen molar-refractivity contribution < 1.29 is 48.2 Å². The van der Waals surface area contributed by atoms with Crippen molar-refractivity contribution in [3.05, 3.63) is 72.9 Å². The molecule has 11 heteroatoms. The maximum Gasteiger partial charge on any atom is 0.469 e. The fourth-order valence-electron chi connectivity index (χ4n) is 4.40. The van der Waals surface area contributed by atoms with E-state index in [9.17, 15) is 24.4 Å². The minimum Gasteiger partial charge on any atom is -0.462 e. The Labute approximate surface area is 294 Å². The molecule has 0 spiro atoms. The summed E-state index contributed by atoms with van der Waals surface area (Å²) in [6.07, 6.45) is 31.6. The molecule has 49 heavy (non-hydrogen) atoms. The van der Waals surface area contributed by atoms with E-state index in [2.05, 4.69) is 18.4 Å². The first-order chi connectivity index (χ1) is 23.4. The van der Waals surface area contributed by atoms with Crippen molar-refractivity contribution in [2.45, 2.75) is 135 Å². The summed E-state index contributed by atoms with van der Waals surface area (Å²) in [5.74, 6) is -0.325. The predicted molar refractivity (Wildman–Crippen MR) is 195 cm³/mol. The molecule has 0 amide bonds. The lowest BCUT2D eigenvalue weighted by Gasteiger charge is -2.18. The molecule has 0 heterocycles. The van der Waals surface area contributed by atoms with E-state index in [-0.39, 0.29) is 19.4 Å². The van der Waals surface area contributed by atoms with Crippen LogP contribution in [0.15, 0.2) is 72.9 Å². The Bertz CT molecular complexity index is 1070. The lowest BCUT2D eigenvalue weighted by Crippen LogP contribution is -2.29. The summed E-state index contributed by atoms with van der Waals surface area (Å²) in [7, 11) is -4.80. The Hall–Kier alpha value is -2.59. The number of phosphoric ester groups is 1. The van der Waals surface area contributed by atoms with Crippen LogP contribution < -0.4 is 0 Å². The van der Waals surface area contributed by atoms with Gasteiger partial charge in [-0.25, -0.2) is 4.57 Å². The molecule has 0 aromatic rings. The molecule has 0 aliphatic carbocycles. The zero-order valence-corrected chi connectivity index (χ0v) is 30.8. The number of hydrogen-bond donors (Lipinski definition) is 4. The fourth-order valence-corrected chi connectivity index (χ4v) is 4.76. The fraction of sp³-hybridized carbons (Fsp3) is 0.632. The van der Waals surface area contributed by atoms with E-state index in [4.69, 9.17) is 19.3 Å². The number of aliphatic hydroxyl groups excluding tert-OH is 2. The van der Waals surface area contributed by atoms with Gasteiger partial charge in [0.25, 0.3) is 0 Å². The highest BCUT2D eigenvalue weighted by atomic mass is 31.2. The number of allylic oxidation sites excluding steroid dienone is 8. The topological polar surface area (TPSA) is 160 Å². The maximum atomic E-state index is 12.3. The van der Waals surface area contributed by atoms with Gasteiger partial charge in [0.1, 0.15) is 6.61 Å². The van der Waals surface area contributed by atoms with Gasteiger partial charge in [0, 0.05) is 12.8 Å². The lowest BCUT2D eigenvalue weighted by molar-refractivity contribution is -0.161. The Morgan fingerprint density at radius 3 is 1.86 bits per heavy atom. The summed E-state index contributed by atoms with van der Waals surface area (Å²) in [5, 5.41) is 19.8. The molecule has 0 radical (unpaired) electrons. The van der Waals surface area contributed by atoms with Crippen molar-refractivity contribution in [3.8, 4) is 0 Å². The highest BCUT2D eigenvalue weighted by Crippen LogP contribution is 2.35. The summed E-state index contributed by atoms with van der Waals surface area (Å²) in [4.78, 5) is 42.5. The molecule has 280 valence electrons. The molecule has 4 N–H and O–H groups in total. The minimum absolute atomic E-state index is 0.0269. The monoisotopic (exact) mass is 710 g/mol. The molecule has 0 aromatic carbocycles. The predicted octanol–water partition coefficient (Wildman–Crippen LogP) is 8.14.